The summed E-state index contributed by atoms with van der Waals surface area (Å²) < 4.78 is 69.1. The van der Waals surface area contributed by atoms with E-state index in [1.807, 2.05) is 4.90 Å². The number of oxazole rings is 1. The fourth-order valence-electron chi connectivity index (χ4n) is 4.98. The molecule has 0 saturated carbocycles. The smallest absolute Gasteiger partial charge is 0.416 e. The standard InChI is InChI=1S/C28H24F4N8O3/c29-21-9-16(24-19(23-11-34-15-43-23)13-40-25(24)26(33)35-14-36-40)2-4-22(21)38-27(41)37-18-3-1-17(20(10-18)28(30,31)32)12-39-5-7-42-8-6-39/h1-4,9-11,13-15H,5-8,12H2,(H2,33,35,36)(H2,37,38,41). The molecule has 0 bridgehead atoms. The Balaban J connectivity index is 1.23. The third-order valence-corrected chi connectivity index (χ3v) is 6.98. The van der Waals surface area contributed by atoms with E-state index in [4.69, 9.17) is 14.9 Å². The number of nitrogens with zero attached hydrogens (tertiary/aromatic N) is 5. The van der Waals surface area contributed by atoms with E-state index >= 15 is 4.39 Å². The summed E-state index contributed by atoms with van der Waals surface area (Å²) in [5.41, 5.74) is 6.81. The molecule has 222 valence electrons. The number of nitrogens with two attached hydrogens (primary N) is 1. The number of aromatic nitrogens is 4. The Morgan fingerprint density at radius 3 is 2.63 bits per heavy atom. The fraction of sp³-hybridized carbons (Fsp3) is 0.214. The highest BCUT2D eigenvalue weighted by Crippen LogP contribution is 2.39. The monoisotopic (exact) mass is 596 g/mol. The first-order chi connectivity index (χ1) is 20.7. The molecule has 0 atom stereocenters. The van der Waals surface area contributed by atoms with Gasteiger partial charge in [0, 0.05) is 42.6 Å². The molecule has 0 radical (unpaired) electrons. The van der Waals surface area contributed by atoms with E-state index in [1.54, 1.807) is 12.3 Å². The van der Waals surface area contributed by atoms with E-state index in [1.165, 1.54) is 47.7 Å². The normalized spacial score (nSPS) is 14.2. The minimum absolute atomic E-state index is 0.0796. The van der Waals surface area contributed by atoms with Crippen molar-refractivity contribution in [3.05, 3.63) is 78.5 Å². The van der Waals surface area contributed by atoms with Crippen LogP contribution >= 0.6 is 0 Å². The number of nitrogen functional groups attached to an aromatic ring is 1. The van der Waals surface area contributed by atoms with Gasteiger partial charge in [0.25, 0.3) is 0 Å². The maximum Gasteiger partial charge on any atom is 0.416 e. The number of amides is 2. The molecule has 11 nitrogen and oxygen atoms in total. The highest BCUT2D eigenvalue weighted by molar-refractivity contribution is 6.01. The third kappa shape index (κ3) is 5.85. The molecular weight excluding hydrogens is 572 g/mol. The van der Waals surface area contributed by atoms with Crippen LogP contribution in [0.15, 0.2) is 65.9 Å². The lowest BCUT2D eigenvalue weighted by atomic mass is 10.0. The number of alkyl halides is 3. The Hall–Kier alpha value is -5.02. The molecule has 0 spiro atoms. The number of fused-ring (bicyclic) bond motifs is 1. The average molecular weight is 597 g/mol. The van der Waals surface area contributed by atoms with Gasteiger partial charge in [0.2, 0.25) is 0 Å². The molecule has 0 unspecified atom stereocenters. The highest BCUT2D eigenvalue weighted by Gasteiger charge is 2.34. The number of morpholine rings is 1. The number of rotatable bonds is 6. The summed E-state index contributed by atoms with van der Waals surface area (Å²) >= 11 is 0. The predicted octanol–water partition coefficient (Wildman–Crippen LogP) is 5.27. The van der Waals surface area contributed by atoms with E-state index in [0.717, 1.165) is 6.07 Å². The lowest BCUT2D eigenvalue weighted by molar-refractivity contribution is -0.138. The van der Waals surface area contributed by atoms with Crippen LogP contribution in [0.25, 0.3) is 28.0 Å². The van der Waals surface area contributed by atoms with Crippen molar-refractivity contribution >= 4 is 28.7 Å². The van der Waals surface area contributed by atoms with E-state index < -0.39 is 23.6 Å². The van der Waals surface area contributed by atoms with Gasteiger partial charge in [-0.1, -0.05) is 12.1 Å². The molecule has 1 fully saturated rings. The zero-order valence-corrected chi connectivity index (χ0v) is 22.4. The van der Waals surface area contributed by atoms with Gasteiger partial charge in [-0.2, -0.15) is 18.3 Å². The first-order valence-electron chi connectivity index (χ1n) is 13.1. The zero-order chi connectivity index (χ0) is 30.1. The molecule has 3 aromatic heterocycles. The van der Waals surface area contributed by atoms with Gasteiger partial charge in [-0.05, 0) is 35.4 Å². The minimum Gasteiger partial charge on any atom is -0.443 e. The second kappa shape index (κ2) is 11.3. The van der Waals surface area contributed by atoms with Crippen LogP contribution in [-0.2, 0) is 17.5 Å². The molecule has 1 aliphatic heterocycles. The number of halogens is 4. The van der Waals surface area contributed by atoms with Gasteiger partial charge in [0.15, 0.2) is 18.0 Å². The summed E-state index contributed by atoms with van der Waals surface area (Å²) in [5, 5.41) is 8.87. The van der Waals surface area contributed by atoms with Crippen molar-refractivity contribution < 1.29 is 31.5 Å². The van der Waals surface area contributed by atoms with Gasteiger partial charge < -0.3 is 25.5 Å². The van der Waals surface area contributed by atoms with Gasteiger partial charge in [0.1, 0.15) is 17.7 Å². The molecule has 43 heavy (non-hydrogen) atoms. The van der Waals surface area contributed by atoms with E-state index in [2.05, 4.69) is 25.7 Å². The number of hydrogen-bond donors (Lipinski definition) is 3. The molecular formula is C28H24F4N8O3. The number of hydrogen-bond acceptors (Lipinski definition) is 8. The van der Waals surface area contributed by atoms with E-state index in [0.29, 0.717) is 54.3 Å². The number of nitrogens with one attached hydrogen (secondary N) is 2. The van der Waals surface area contributed by atoms with Crippen LogP contribution < -0.4 is 16.4 Å². The summed E-state index contributed by atoms with van der Waals surface area (Å²) in [7, 11) is 0. The van der Waals surface area contributed by atoms with Gasteiger partial charge in [-0.3, -0.25) is 4.90 Å². The van der Waals surface area contributed by atoms with E-state index in [9.17, 15) is 18.0 Å². The molecule has 1 aliphatic rings. The predicted molar refractivity (Wildman–Crippen MR) is 148 cm³/mol. The second-order valence-electron chi connectivity index (χ2n) is 9.75. The zero-order valence-electron chi connectivity index (χ0n) is 22.4. The van der Waals surface area contributed by atoms with Crippen LogP contribution in [0, 0.1) is 5.82 Å². The lowest BCUT2D eigenvalue weighted by Gasteiger charge is -2.27. The van der Waals surface area contributed by atoms with Crippen molar-refractivity contribution in [1.29, 1.82) is 0 Å². The van der Waals surface area contributed by atoms with Gasteiger partial charge in [-0.15, -0.1) is 0 Å². The number of urea groups is 1. The van der Waals surface area contributed by atoms with Crippen molar-refractivity contribution in [2.45, 2.75) is 12.7 Å². The maximum absolute atomic E-state index is 15.3. The van der Waals surface area contributed by atoms with Crippen LogP contribution in [0.4, 0.5) is 39.5 Å². The SMILES string of the molecule is Nc1ncnn2cc(-c3cnco3)c(-c3ccc(NC(=O)Nc4ccc(CN5CCOCC5)c(C(F)(F)F)c4)c(F)c3)c12. The van der Waals surface area contributed by atoms with Gasteiger partial charge >= 0.3 is 12.2 Å². The number of carbonyl (C=O) groups excluding carboxylic acids is 1. The second-order valence-corrected chi connectivity index (χ2v) is 9.75. The molecule has 0 aliphatic carbocycles. The Kier molecular flexibility index (Phi) is 7.41. The van der Waals surface area contributed by atoms with Gasteiger partial charge in [0.05, 0.1) is 30.7 Å². The van der Waals surface area contributed by atoms with Crippen LogP contribution in [0.3, 0.4) is 0 Å². The van der Waals surface area contributed by atoms with Crippen LogP contribution in [0.1, 0.15) is 11.1 Å². The molecule has 4 N–H and O–H groups in total. The molecule has 6 rings (SSSR count). The Morgan fingerprint density at radius 2 is 1.91 bits per heavy atom. The molecule has 1 saturated heterocycles. The van der Waals surface area contributed by atoms with Crippen molar-refractivity contribution in [2.75, 3.05) is 42.7 Å². The number of carbonyl (C=O) groups is 1. The van der Waals surface area contributed by atoms with Gasteiger partial charge in [-0.25, -0.2) is 23.7 Å². The Bertz CT molecular complexity index is 1780. The summed E-state index contributed by atoms with van der Waals surface area (Å²) in [6.45, 7) is 2.04. The van der Waals surface area contributed by atoms with Crippen LogP contribution in [-0.4, -0.2) is 56.8 Å². The Labute approximate surface area is 241 Å². The van der Waals surface area contributed by atoms with Crippen molar-refractivity contribution in [3.63, 3.8) is 0 Å². The fourth-order valence-corrected chi connectivity index (χ4v) is 4.98. The molecule has 5 aromatic rings. The summed E-state index contributed by atoms with van der Waals surface area (Å²) in [6.07, 6.45) is 1.01. The molecule has 4 heterocycles. The third-order valence-electron chi connectivity index (χ3n) is 6.98. The first-order valence-corrected chi connectivity index (χ1v) is 13.1. The van der Waals surface area contributed by atoms with Crippen molar-refractivity contribution in [2.24, 2.45) is 0 Å². The summed E-state index contributed by atoms with van der Waals surface area (Å²) in [5.74, 6) is -0.272. The van der Waals surface area contributed by atoms with Crippen molar-refractivity contribution in [1.82, 2.24) is 24.5 Å². The molecule has 2 amide bonds. The number of ether oxygens (including phenoxy) is 1. The van der Waals surface area contributed by atoms with Crippen molar-refractivity contribution in [3.8, 4) is 22.5 Å². The van der Waals surface area contributed by atoms with E-state index in [-0.39, 0.29) is 29.3 Å². The first kappa shape index (κ1) is 28.1. The number of benzene rings is 2. The van der Waals surface area contributed by atoms with Crippen LogP contribution in [0.2, 0.25) is 0 Å². The topological polar surface area (TPSA) is 136 Å². The largest absolute Gasteiger partial charge is 0.443 e. The lowest BCUT2D eigenvalue weighted by Crippen LogP contribution is -2.36. The maximum atomic E-state index is 15.3. The summed E-state index contributed by atoms with van der Waals surface area (Å²) in [6, 6.07) is 6.69. The minimum atomic E-state index is -4.64. The van der Waals surface area contributed by atoms with Crippen LogP contribution in [0.5, 0.6) is 0 Å². The highest BCUT2D eigenvalue weighted by atomic mass is 19.4. The summed E-state index contributed by atoms with van der Waals surface area (Å²) in [4.78, 5) is 22.5. The molecule has 15 heteroatoms. The Morgan fingerprint density at radius 1 is 1.09 bits per heavy atom. The average Bonchev–Trinajstić information content (AvgIpc) is 3.64. The number of anilines is 3. The molecule has 2 aromatic carbocycles. The quantitative estimate of drug-likeness (QED) is 0.226.